The lowest BCUT2D eigenvalue weighted by molar-refractivity contribution is 0.460. The highest BCUT2D eigenvalue weighted by Crippen LogP contribution is 2.42. The summed E-state index contributed by atoms with van der Waals surface area (Å²) in [6.07, 6.45) is 4.44. The molecule has 1 atom stereocenters. The van der Waals surface area contributed by atoms with E-state index in [0.717, 1.165) is 30.4 Å². The standard InChI is InChI=1S/C14H20ClNO/c1-8(7-16)12-9(2)10-5-3-4-6-11(10)13(15)14(12)17/h8,17H,3-7,16H2,1-2H3. The van der Waals surface area contributed by atoms with Crippen LogP contribution in [0.5, 0.6) is 5.75 Å². The summed E-state index contributed by atoms with van der Waals surface area (Å²) in [6, 6.07) is 0. The number of halogens is 1. The fourth-order valence-electron chi connectivity index (χ4n) is 2.88. The van der Waals surface area contributed by atoms with E-state index < -0.39 is 0 Å². The molecule has 1 aliphatic rings. The van der Waals surface area contributed by atoms with Gasteiger partial charge in [-0.05, 0) is 61.8 Å². The average Bonchev–Trinajstić information content (AvgIpc) is 2.36. The molecular formula is C14H20ClNO. The van der Waals surface area contributed by atoms with Crippen molar-refractivity contribution in [1.82, 2.24) is 0 Å². The van der Waals surface area contributed by atoms with Gasteiger partial charge in [-0.25, -0.2) is 0 Å². The van der Waals surface area contributed by atoms with Crippen molar-refractivity contribution in [2.45, 2.75) is 45.4 Å². The zero-order valence-corrected chi connectivity index (χ0v) is 11.3. The van der Waals surface area contributed by atoms with Crippen molar-refractivity contribution >= 4 is 11.6 Å². The number of phenols is 1. The lowest BCUT2D eigenvalue weighted by Gasteiger charge is -2.25. The fourth-order valence-corrected chi connectivity index (χ4v) is 3.19. The van der Waals surface area contributed by atoms with E-state index in [0.29, 0.717) is 11.6 Å². The normalized spacial score (nSPS) is 16.7. The summed E-state index contributed by atoms with van der Waals surface area (Å²) in [7, 11) is 0. The van der Waals surface area contributed by atoms with Gasteiger partial charge in [0.2, 0.25) is 0 Å². The first kappa shape index (κ1) is 12.7. The van der Waals surface area contributed by atoms with Gasteiger partial charge in [0.15, 0.2) is 0 Å². The van der Waals surface area contributed by atoms with Crippen molar-refractivity contribution in [3.8, 4) is 5.75 Å². The molecule has 0 aliphatic heterocycles. The number of fused-ring (bicyclic) bond motifs is 1. The van der Waals surface area contributed by atoms with Crippen LogP contribution in [0.3, 0.4) is 0 Å². The highest BCUT2D eigenvalue weighted by molar-refractivity contribution is 6.33. The quantitative estimate of drug-likeness (QED) is 0.850. The zero-order chi connectivity index (χ0) is 12.6. The Morgan fingerprint density at radius 1 is 1.29 bits per heavy atom. The van der Waals surface area contributed by atoms with E-state index in [1.54, 1.807) is 0 Å². The molecule has 0 spiro atoms. The van der Waals surface area contributed by atoms with E-state index in [-0.39, 0.29) is 11.7 Å². The maximum atomic E-state index is 10.2. The van der Waals surface area contributed by atoms with Gasteiger partial charge in [0.1, 0.15) is 5.75 Å². The number of hydrogen-bond acceptors (Lipinski definition) is 2. The Balaban J connectivity index is 2.65. The summed E-state index contributed by atoms with van der Waals surface area (Å²) in [5.41, 5.74) is 10.3. The third-order valence-electron chi connectivity index (χ3n) is 3.90. The molecule has 2 nitrogen and oxygen atoms in total. The van der Waals surface area contributed by atoms with Gasteiger partial charge >= 0.3 is 0 Å². The van der Waals surface area contributed by atoms with Crippen molar-refractivity contribution in [2.24, 2.45) is 5.73 Å². The largest absolute Gasteiger partial charge is 0.506 e. The van der Waals surface area contributed by atoms with Gasteiger partial charge in [-0.1, -0.05) is 18.5 Å². The lowest BCUT2D eigenvalue weighted by Crippen LogP contribution is -2.14. The topological polar surface area (TPSA) is 46.2 Å². The smallest absolute Gasteiger partial charge is 0.138 e. The Morgan fingerprint density at radius 2 is 1.88 bits per heavy atom. The molecule has 3 heteroatoms. The van der Waals surface area contributed by atoms with Gasteiger partial charge in [0, 0.05) is 5.56 Å². The predicted molar refractivity (Wildman–Crippen MR) is 72.0 cm³/mol. The van der Waals surface area contributed by atoms with Crippen LogP contribution in [0.25, 0.3) is 0 Å². The van der Waals surface area contributed by atoms with Crippen molar-refractivity contribution in [3.63, 3.8) is 0 Å². The minimum Gasteiger partial charge on any atom is -0.506 e. The maximum Gasteiger partial charge on any atom is 0.138 e. The van der Waals surface area contributed by atoms with Crippen molar-refractivity contribution < 1.29 is 5.11 Å². The number of nitrogens with two attached hydrogens (primary N) is 1. The highest BCUT2D eigenvalue weighted by Gasteiger charge is 2.24. The van der Waals surface area contributed by atoms with E-state index in [1.807, 2.05) is 6.92 Å². The second-order valence-electron chi connectivity index (χ2n) is 5.00. The predicted octanol–water partition coefficient (Wildman–Crippen LogP) is 3.30. The van der Waals surface area contributed by atoms with Crippen LogP contribution in [0.1, 0.15) is 47.9 Å². The Hall–Kier alpha value is -0.730. The van der Waals surface area contributed by atoms with Crippen LogP contribution in [-0.4, -0.2) is 11.7 Å². The summed E-state index contributed by atoms with van der Waals surface area (Å²) in [5, 5.41) is 10.8. The SMILES string of the molecule is Cc1c2c(c(Cl)c(O)c1C(C)CN)CCCC2. The Labute approximate surface area is 108 Å². The first-order valence-electron chi connectivity index (χ1n) is 6.30. The summed E-state index contributed by atoms with van der Waals surface area (Å²) in [5.74, 6) is 0.405. The van der Waals surface area contributed by atoms with Gasteiger partial charge in [-0.3, -0.25) is 0 Å². The molecule has 1 aliphatic carbocycles. The molecule has 3 N–H and O–H groups in total. The Kier molecular flexibility index (Phi) is 3.64. The van der Waals surface area contributed by atoms with Crippen LogP contribution in [0, 0.1) is 6.92 Å². The fraction of sp³-hybridized carbons (Fsp3) is 0.571. The number of benzene rings is 1. The van der Waals surface area contributed by atoms with Crippen LogP contribution >= 0.6 is 11.6 Å². The summed E-state index contributed by atoms with van der Waals surface area (Å²) in [4.78, 5) is 0. The van der Waals surface area contributed by atoms with Gasteiger partial charge in [0.25, 0.3) is 0 Å². The van der Waals surface area contributed by atoms with Crippen molar-refractivity contribution in [3.05, 3.63) is 27.3 Å². The Bertz CT molecular complexity index is 443. The molecule has 94 valence electrons. The average molecular weight is 254 g/mol. The number of rotatable bonds is 2. The third-order valence-corrected chi connectivity index (χ3v) is 4.31. The monoisotopic (exact) mass is 253 g/mol. The summed E-state index contributed by atoms with van der Waals surface area (Å²) >= 11 is 6.30. The first-order chi connectivity index (χ1) is 8.07. The molecule has 0 fully saturated rings. The molecule has 0 saturated carbocycles. The molecule has 0 amide bonds. The van der Waals surface area contributed by atoms with E-state index in [4.69, 9.17) is 17.3 Å². The molecule has 2 rings (SSSR count). The van der Waals surface area contributed by atoms with E-state index >= 15 is 0 Å². The number of hydrogen-bond donors (Lipinski definition) is 2. The van der Waals surface area contributed by atoms with Crippen LogP contribution in [-0.2, 0) is 12.8 Å². The number of aromatic hydroxyl groups is 1. The molecule has 1 aromatic carbocycles. The van der Waals surface area contributed by atoms with Crippen LogP contribution in [0.4, 0.5) is 0 Å². The van der Waals surface area contributed by atoms with E-state index in [1.165, 1.54) is 17.5 Å². The molecule has 0 aromatic heterocycles. The molecular weight excluding hydrogens is 234 g/mol. The van der Waals surface area contributed by atoms with Crippen molar-refractivity contribution in [2.75, 3.05) is 6.54 Å². The number of phenolic OH excluding ortho intramolecular Hbond substituents is 1. The Morgan fingerprint density at radius 3 is 2.47 bits per heavy atom. The maximum absolute atomic E-state index is 10.2. The minimum absolute atomic E-state index is 0.153. The van der Waals surface area contributed by atoms with Gasteiger partial charge in [-0.15, -0.1) is 0 Å². The molecule has 0 saturated heterocycles. The van der Waals surface area contributed by atoms with Crippen LogP contribution in [0.2, 0.25) is 5.02 Å². The second-order valence-corrected chi connectivity index (χ2v) is 5.38. The van der Waals surface area contributed by atoms with Gasteiger partial charge in [-0.2, -0.15) is 0 Å². The highest BCUT2D eigenvalue weighted by atomic mass is 35.5. The van der Waals surface area contributed by atoms with Crippen LogP contribution < -0.4 is 5.73 Å². The first-order valence-corrected chi connectivity index (χ1v) is 6.68. The van der Waals surface area contributed by atoms with Crippen molar-refractivity contribution in [1.29, 1.82) is 0 Å². The van der Waals surface area contributed by atoms with Gasteiger partial charge < -0.3 is 10.8 Å². The third kappa shape index (κ3) is 2.04. The molecule has 0 bridgehead atoms. The van der Waals surface area contributed by atoms with E-state index in [2.05, 4.69) is 6.92 Å². The second kappa shape index (κ2) is 4.87. The van der Waals surface area contributed by atoms with Crippen LogP contribution in [0.15, 0.2) is 0 Å². The summed E-state index contributed by atoms with van der Waals surface area (Å²) < 4.78 is 0. The molecule has 1 aromatic rings. The molecule has 17 heavy (non-hydrogen) atoms. The molecule has 0 heterocycles. The van der Waals surface area contributed by atoms with E-state index in [9.17, 15) is 5.11 Å². The lowest BCUT2D eigenvalue weighted by atomic mass is 9.83. The van der Waals surface area contributed by atoms with Gasteiger partial charge in [0.05, 0.1) is 5.02 Å². The molecule has 1 unspecified atom stereocenters. The summed E-state index contributed by atoms with van der Waals surface area (Å²) in [6.45, 7) is 4.65. The molecule has 0 radical (unpaired) electrons. The minimum atomic E-state index is 0.153. The zero-order valence-electron chi connectivity index (χ0n) is 10.5.